The number of sulfonamides is 2. The van der Waals surface area contributed by atoms with Crippen molar-refractivity contribution in [2.24, 2.45) is 0 Å². The molecule has 0 spiro atoms. The summed E-state index contributed by atoms with van der Waals surface area (Å²) in [6.07, 6.45) is 2.51. The highest BCUT2D eigenvalue weighted by molar-refractivity contribution is 7.93. The zero-order chi connectivity index (χ0) is 23.6. The summed E-state index contributed by atoms with van der Waals surface area (Å²) >= 11 is 0. The third-order valence-corrected chi connectivity index (χ3v) is 9.91. The van der Waals surface area contributed by atoms with Gasteiger partial charge in [0.25, 0.3) is 5.91 Å². The van der Waals surface area contributed by atoms with E-state index < -0.39 is 20.0 Å². The van der Waals surface area contributed by atoms with Gasteiger partial charge in [0, 0.05) is 38.3 Å². The van der Waals surface area contributed by atoms with Gasteiger partial charge in [0.15, 0.2) is 0 Å². The normalized spacial score (nSPS) is 19.1. The lowest BCUT2D eigenvalue weighted by atomic mass is 10.1. The highest BCUT2D eigenvalue weighted by Crippen LogP contribution is 2.25. The minimum absolute atomic E-state index is 0.143. The summed E-state index contributed by atoms with van der Waals surface area (Å²) in [6, 6.07) is 13.6. The number of carbonyl (C=O) groups is 1. The third-order valence-electron chi connectivity index (χ3n) is 6.13. The van der Waals surface area contributed by atoms with Crippen molar-refractivity contribution in [3.05, 3.63) is 59.7 Å². The van der Waals surface area contributed by atoms with Gasteiger partial charge in [-0.05, 0) is 54.8 Å². The molecule has 1 amide bonds. The summed E-state index contributed by atoms with van der Waals surface area (Å²) in [5.74, 6) is -0.0455. The number of carbonyl (C=O) groups excluding carboxylic acids is 1. The molecular weight excluding hydrogens is 462 g/mol. The molecule has 2 heterocycles. The van der Waals surface area contributed by atoms with Crippen LogP contribution in [0.15, 0.2) is 53.4 Å². The first kappa shape index (κ1) is 23.7. The number of aryl methyl sites for hydroxylation is 1. The van der Waals surface area contributed by atoms with Crippen LogP contribution < -0.4 is 4.31 Å². The molecule has 0 bridgehead atoms. The van der Waals surface area contributed by atoms with Crippen LogP contribution in [0, 0.1) is 0 Å². The number of piperazine rings is 1. The Labute approximate surface area is 195 Å². The molecule has 2 aliphatic heterocycles. The fourth-order valence-electron chi connectivity index (χ4n) is 4.28. The van der Waals surface area contributed by atoms with E-state index in [0.29, 0.717) is 37.3 Å². The molecule has 0 atom stereocenters. The minimum atomic E-state index is -3.60. The van der Waals surface area contributed by atoms with E-state index in [1.165, 1.54) is 8.61 Å². The Morgan fingerprint density at radius 1 is 0.909 bits per heavy atom. The lowest BCUT2D eigenvalue weighted by Crippen LogP contribution is -2.50. The molecule has 2 aliphatic rings. The molecule has 178 valence electrons. The lowest BCUT2D eigenvalue weighted by Gasteiger charge is -2.34. The SMILES string of the molecule is CCCc1ccc(S(=O)(=O)N2CCN(C(=O)c3ccc(N4CCCS4(=O)=O)cc3)CC2)cc1. The molecule has 0 saturated carbocycles. The average molecular weight is 492 g/mol. The summed E-state index contributed by atoms with van der Waals surface area (Å²) in [7, 11) is -6.87. The first-order chi connectivity index (χ1) is 15.7. The number of hydrogen-bond donors (Lipinski definition) is 0. The van der Waals surface area contributed by atoms with E-state index in [4.69, 9.17) is 0 Å². The Balaban J connectivity index is 1.38. The number of rotatable bonds is 6. The molecule has 0 unspecified atom stereocenters. The molecule has 8 nitrogen and oxygen atoms in total. The van der Waals surface area contributed by atoms with E-state index in [9.17, 15) is 21.6 Å². The maximum absolute atomic E-state index is 13.0. The van der Waals surface area contributed by atoms with Gasteiger partial charge in [-0.1, -0.05) is 25.5 Å². The number of nitrogens with zero attached hydrogens (tertiary/aromatic N) is 3. The highest BCUT2D eigenvalue weighted by atomic mass is 32.2. The smallest absolute Gasteiger partial charge is 0.253 e. The lowest BCUT2D eigenvalue weighted by molar-refractivity contribution is 0.0698. The second-order valence-electron chi connectivity index (χ2n) is 8.38. The average Bonchev–Trinajstić information content (AvgIpc) is 3.18. The Morgan fingerprint density at radius 2 is 1.55 bits per heavy atom. The quantitative estimate of drug-likeness (QED) is 0.618. The molecule has 2 saturated heterocycles. The van der Waals surface area contributed by atoms with Crippen LogP contribution in [0.2, 0.25) is 0 Å². The number of amides is 1. The largest absolute Gasteiger partial charge is 0.336 e. The van der Waals surface area contributed by atoms with Crippen molar-refractivity contribution in [3.63, 3.8) is 0 Å². The third kappa shape index (κ3) is 4.92. The molecule has 10 heteroatoms. The summed E-state index contributed by atoms with van der Waals surface area (Å²) in [6.45, 7) is 3.59. The Kier molecular flexibility index (Phi) is 6.78. The first-order valence-corrected chi connectivity index (χ1v) is 14.3. The van der Waals surface area contributed by atoms with Crippen LogP contribution in [0.25, 0.3) is 0 Å². The van der Waals surface area contributed by atoms with Crippen molar-refractivity contribution in [1.29, 1.82) is 0 Å². The van der Waals surface area contributed by atoms with Crippen molar-refractivity contribution in [1.82, 2.24) is 9.21 Å². The van der Waals surface area contributed by atoms with Crippen molar-refractivity contribution < 1.29 is 21.6 Å². The fourth-order valence-corrected chi connectivity index (χ4v) is 7.27. The van der Waals surface area contributed by atoms with Gasteiger partial charge < -0.3 is 4.90 Å². The van der Waals surface area contributed by atoms with E-state index in [1.807, 2.05) is 12.1 Å². The topological polar surface area (TPSA) is 95.1 Å². The van der Waals surface area contributed by atoms with Crippen LogP contribution in [0.4, 0.5) is 5.69 Å². The Morgan fingerprint density at radius 3 is 2.09 bits per heavy atom. The number of benzene rings is 2. The summed E-state index contributed by atoms with van der Waals surface area (Å²) in [5, 5.41) is 0. The fraction of sp³-hybridized carbons (Fsp3) is 0.435. The molecule has 0 radical (unpaired) electrons. The molecule has 4 rings (SSSR count). The highest BCUT2D eigenvalue weighted by Gasteiger charge is 2.31. The maximum atomic E-state index is 13.0. The molecule has 0 N–H and O–H groups in total. The predicted octanol–water partition coefficient (Wildman–Crippen LogP) is 2.33. The molecule has 2 aromatic carbocycles. The van der Waals surface area contributed by atoms with Crippen LogP contribution in [-0.2, 0) is 26.5 Å². The van der Waals surface area contributed by atoms with Gasteiger partial charge in [0.2, 0.25) is 20.0 Å². The molecule has 0 aliphatic carbocycles. The monoisotopic (exact) mass is 491 g/mol. The molecule has 2 aromatic rings. The van der Waals surface area contributed by atoms with E-state index >= 15 is 0 Å². The van der Waals surface area contributed by atoms with Crippen molar-refractivity contribution in [3.8, 4) is 0 Å². The van der Waals surface area contributed by atoms with Crippen LogP contribution in [0.3, 0.4) is 0 Å². The van der Waals surface area contributed by atoms with E-state index in [0.717, 1.165) is 18.4 Å². The van der Waals surface area contributed by atoms with Gasteiger partial charge in [-0.2, -0.15) is 4.31 Å². The van der Waals surface area contributed by atoms with Gasteiger partial charge >= 0.3 is 0 Å². The predicted molar refractivity (Wildman–Crippen MR) is 127 cm³/mol. The molecule has 2 fully saturated rings. The van der Waals surface area contributed by atoms with Gasteiger partial charge in [-0.3, -0.25) is 9.10 Å². The van der Waals surface area contributed by atoms with Crippen LogP contribution >= 0.6 is 0 Å². The molecule has 0 aromatic heterocycles. The van der Waals surface area contributed by atoms with Crippen LogP contribution in [0.1, 0.15) is 35.7 Å². The second kappa shape index (κ2) is 9.44. The summed E-state index contributed by atoms with van der Waals surface area (Å²) in [4.78, 5) is 14.8. The molecular formula is C23H29N3O5S2. The van der Waals surface area contributed by atoms with Crippen molar-refractivity contribution >= 4 is 31.6 Å². The zero-order valence-electron chi connectivity index (χ0n) is 18.7. The Hall–Kier alpha value is -2.43. The van der Waals surface area contributed by atoms with Gasteiger partial charge in [0.1, 0.15) is 0 Å². The van der Waals surface area contributed by atoms with E-state index in [-0.39, 0.29) is 29.6 Å². The van der Waals surface area contributed by atoms with E-state index in [1.54, 1.807) is 41.3 Å². The van der Waals surface area contributed by atoms with Gasteiger partial charge in [0.05, 0.1) is 16.3 Å². The van der Waals surface area contributed by atoms with Gasteiger partial charge in [-0.15, -0.1) is 0 Å². The minimum Gasteiger partial charge on any atom is -0.336 e. The summed E-state index contributed by atoms with van der Waals surface area (Å²) in [5.41, 5.74) is 2.13. The summed E-state index contributed by atoms with van der Waals surface area (Å²) < 4.78 is 52.9. The number of hydrogen-bond acceptors (Lipinski definition) is 5. The standard InChI is InChI=1S/C23H29N3O5S2/c1-2-4-19-5-11-22(12-6-19)33(30,31)25-16-14-24(15-17-25)23(27)20-7-9-21(10-8-20)26-13-3-18-32(26,28)29/h5-12H,2-4,13-18H2,1H3. The number of anilines is 1. The second-order valence-corrected chi connectivity index (χ2v) is 12.3. The van der Waals surface area contributed by atoms with Crippen LogP contribution in [-0.4, -0.2) is 70.4 Å². The van der Waals surface area contributed by atoms with Crippen molar-refractivity contribution in [2.45, 2.75) is 31.1 Å². The molecule has 33 heavy (non-hydrogen) atoms. The van der Waals surface area contributed by atoms with Crippen molar-refractivity contribution in [2.75, 3.05) is 42.8 Å². The van der Waals surface area contributed by atoms with Crippen LogP contribution in [0.5, 0.6) is 0 Å². The maximum Gasteiger partial charge on any atom is 0.253 e. The Bertz CT molecular complexity index is 1200. The zero-order valence-corrected chi connectivity index (χ0v) is 20.3. The van der Waals surface area contributed by atoms with Gasteiger partial charge in [-0.25, -0.2) is 16.8 Å². The first-order valence-electron chi connectivity index (χ1n) is 11.2. The van der Waals surface area contributed by atoms with E-state index in [2.05, 4.69) is 6.92 Å².